The van der Waals surface area contributed by atoms with Crippen LogP contribution in [-0.4, -0.2) is 24.3 Å². The first-order valence-corrected chi connectivity index (χ1v) is 8.27. The van der Waals surface area contributed by atoms with Gasteiger partial charge in [0.15, 0.2) is 11.5 Å². The second-order valence-corrected chi connectivity index (χ2v) is 6.34. The third-order valence-electron chi connectivity index (χ3n) is 4.40. The van der Waals surface area contributed by atoms with E-state index in [4.69, 9.17) is 0 Å². The van der Waals surface area contributed by atoms with Gasteiger partial charge in [0.2, 0.25) is 5.91 Å². The lowest BCUT2D eigenvalue weighted by molar-refractivity contribution is -0.286. The summed E-state index contributed by atoms with van der Waals surface area (Å²) in [5, 5.41) is 15.1. The molecule has 2 aliphatic rings. The highest BCUT2D eigenvalue weighted by molar-refractivity contribution is 5.82. The highest BCUT2D eigenvalue weighted by atomic mass is 19.3. The fourth-order valence-corrected chi connectivity index (χ4v) is 3.15. The molecule has 1 aromatic rings. The third kappa shape index (κ3) is 4.10. The van der Waals surface area contributed by atoms with Crippen molar-refractivity contribution in [2.24, 2.45) is 0 Å². The van der Waals surface area contributed by atoms with Crippen molar-refractivity contribution in [3.05, 3.63) is 18.2 Å². The highest BCUT2D eigenvalue weighted by Crippen LogP contribution is 2.42. The van der Waals surface area contributed by atoms with Crippen molar-refractivity contribution in [3.63, 3.8) is 0 Å². The van der Waals surface area contributed by atoms with E-state index in [1.807, 2.05) is 0 Å². The molecule has 0 saturated heterocycles. The van der Waals surface area contributed by atoms with Crippen molar-refractivity contribution in [3.8, 4) is 17.6 Å². The van der Waals surface area contributed by atoms with Gasteiger partial charge in [-0.05, 0) is 25.0 Å². The number of nitrogens with one attached hydrogen (secondary N) is 2. The first kappa shape index (κ1) is 17.3. The van der Waals surface area contributed by atoms with Crippen LogP contribution in [0.15, 0.2) is 18.2 Å². The Balaban J connectivity index is 1.57. The summed E-state index contributed by atoms with van der Waals surface area (Å²) in [6, 6.07) is 6.45. The minimum Gasteiger partial charge on any atom is -0.395 e. The van der Waals surface area contributed by atoms with Crippen molar-refractivity contribution in [2.45, 2.75) is 50.4 Å². The number of nitriles is 1. The molecule has 1 aromatic carbocycles. The average Bonchev–Trinajstić information content (AvgIpc) is 2.72. The van der Waals surface area contributed by atoms with E-state index < -0.39 is 11.8 Å². The van der Waals surface area contributed by atoms with Gasteiger partial charge in [-0.2, -0.15) is 5.26 Å². The van der Waals surface area contributed by atoms with Crippen molar-refractivity contribution < 1.29 is 23.0 Å². The van der Waals surface area contributed by atoms with Crippen LogP contribution < -0.4 is 20.1 Å². The lowest BCUT2D eigenvalue weighted by Crippen LogP contribution is -2.48. The zero-order chi connectivity index (χ0) is 17.9. The SMILES string of the molecule is N#CC1(NC(=O)CNc2ccc3c(c2)OC(F)(F)O3)CCCCCC1. The summed E-state index contributed by atoms with van der Waals surface area (Å²) in [5.41, 5.74) is -0.367. The Morgan fingerprint density at radius 3 is 2.52 bits per heavy atom. The van der Waals surface area contributed by atoms with Crippen LogP contribution in [0.1, 0.15) is 38.5 Å². The van der Waals surface area contributed by atoms with Crippen LogP contribution in [-0.2, 0) is 4.79 Å². The van der Waals surface area contributed by atoms with Crippen LogP contribution in [0.4, 0.5) is 14.5 Å². The fraction of sp³-hybridized carbons (Fsp3) is 0.529. The molecule has 8 heteroatoms. The van der Waals surface area contributed by atoms with Crippen molar-refractivity contribution in [1.82, 2.24) is 5.32 Å². The Kier molecular flexibility index (Phi) is 4.66. The molecule has 1 saturated carbocycles. The molecular weight excluding hydrogens is 332 g/mol. The molecule has 0 radical (unpaired) electrons. The summed E-state index contributed by atoms with van der Waals surface area (Å²) >= 11 is 0. The van der Waals surface area contributed by atoms with Gasteiger partial charge >= 0.3 is 6.29 Å². The van der Waals surface area contributed by atoms with E-state index in [-0.39, 0.29) is 24.0 Å². The van der Waals surface area contributed by atoms with Crippen LogP contribution in [0.3, 0.4) is 0 Å². The maximum absolute atomic E-state index is 13.0. The van der Waals surface area contributed by atoms with Crippen LogP contribution in [0, 0.1) is 11.3 Å². The van der Waals surface area contributed by atoms with Gasteiger partial charge in [0.25, 0.3) is 0 Å². The molecule has 1 amide bonds. The average molecular weight is 351 g/mol. The molecule has 6 nitrogen and oxygen atoms in total. The minimum atomic E-state index is -3.67. The maximum Gasteiger partial charge on any atom is 0.586 e. The van der Waals surface area contributed by atoms with E-state index >= 15 is 0 Å². The molecule has 0 spiro atoms. The first-order valence-electron chi connectivity index (χ1n) is 8.27. The lowest BCUT2D eigenvalue weighted by Gasteiger charge is -2.26. The summed E-state index contributed by atoms with van der Waals surface area (Å²) in [6.45, 7) is -0.0700. The van der Waals surface area contributed by atoms with E-state index in [1.165, 1.54) is 18.2 Å². The number of fused-ring (bicyclic) bond motifs is 1. The summed E-state index contributed by atoms with van der Waals surface area (Å²) in [6.07, 6.45) is 1.59. The number of rotatable bonds is 4. The summed E-state index contributed by atoms with van der Waals surface area (Å²) < 4.78 is 34.7. The molecule has 0 bridgehead atoms. The molecule has 1 heterocycles. The molecule has 0 unspecified atom stereocenters. The van der Waals surface area contributed by atoms with Gasteiger partial charge in [0, 0.05) is 11.8 Å². The molecule has 0 aromatic heterocycles. The Morgan fingerprint density at radius 1 is 1.16 bits per heavy atom. The monoisotopic (exact) mass is 351 g/mol. The van der Waals surface area contributed by atoms with E-state index in [1.54, 1.807) is 0 Å². The van der Waals surface area contributed by atoms with E-state index in [9.17, 15) is 18.8 Å². The Labute approximate surface area is 144 Å². The number of halogens is 2. The number of hydrogen-bond donors (Lipinski definition) is 2. The van der Waals surface area contributed by atoms with Gasteiger partial charge in [-0.15, -0.1) is 8.78 Å². The zero-order valence-corrected chi connectivity index (χ0v) is 13.6. The Hall–Kier alpha value is -2.56. The smallest absolute Gasteiger partial charge is 0.395 e. The topological polar surface area (TPSA) is 83.4 Å². The number of carbonyl (C=O) groups is 1. The van der Waals surface area contributed by atoms with Crippen LogP contribution in [0.25, 0.3) is 0 Å². The first-order chi connectivity index (χ1) is 11.9. The quantitative estimate of drug-likeness (QED) is 0.814. The molecule has 3 rings (SSSR count). The largest absolute Gasteiger partial charge is 0.586 e. The van der Waals surface area contributed by atoms with Gasteiger partial charge in [-0.1, -0.05) is 25.7 Å². The van der Waals surface area contributed by atoms with Crippen molar-refractivity contribution in [1.29, 1.82) is 5.26 Å². The number of carbonyl (C=O) groups excluding carboxylic acids is 1. The number of nitrogens with zero attached hydrogens (tertiary/aromatic N) is 1. The van der Waals surface area contributed by atoms with Gasteiger partial charge in [0.05, 0.1) is 12.6 Å². The molecule has 1 aliphatic carbocycles. The molecule has 2 N–H and O–H groups in total. The van der Waals surface area contributed by atoms with Crippen LogP contribution in [0.2, 0.25) is 0 Å². The number of ether oxygens (including phenoxy) is 2. The zero-order valence-electron chi connectivity index (χ0n) is 13.6. The second kappa shape index (κ2) is 6.75. The van der Waals surface area contributed by atoms with E-state index in [0.29, 0.717) is 18.5 Å². The van der Waals surface area contributed by atoms with Gasteiger partial charge in [0.1, 0.15) is 5.54 Å². The Bertz CT molecular complexity index is 695. The molecular formula is C17H19F2N3O3. The normalized spacial score (nSPS) is 20.2. The highest BCUT2D eigenvalue weighted by Gasteiger charge is 2.43. The molecule has 0 atom stereocenters. The van der Waals surface area contributed by atoms with Gasteiger partial charge < -0.3 is 20.1 Å². The number of anilines is 1. The predicted octanol–water partition coefficient (Wildman–Crippen LogP) is 3.15. The summed E-state index contributed by atoms with van der Waals surface area (Å²) in [7, 11) is 0. The molecule has 25 heavy (non-hydrogen) atoms. The van der Waals surface area contributed by atoms with Crippen LogP contribution >= 0.6 is 0 Å². The summed E-state index contributed by atoms with van der Waals surface area (Å²) in [4.78, 5) is 12.2. The predicted molar refractivity (Wildman–Crippen MR) is 85.3 cm³/mol. The number of benzene rings is 1. The lowest BCUT2D eigenvalue weighted by atomic mass is 9.92. The number of alkyl halides is 2. The molecule has 1 aliphatic heterocycles. The molecule has 1 fully saturated rings. The van der Waals surface area contributed by atoms with Gasteiger partial charge in [-0.25, -0.2) is 0 Å². The maximum atomic E-state index is 13.0. The summed E-state index contributed by atoms with van der Waals surface area (Å²) in [5.74, 6) is -0.457. The standard InChI is InChI=1S/C17H19F2N3O3/c18-17(19)24-13-6-5-12(9-14(13)25-17)21-10-15(23)22-16(11-20)7-3-1-2-4-8-16/h5-6,9,21H,1-4,7-8,10H2,(H,22,23). The van der Waals surface area contributed by atoms with E-state index in [2.05, 4.69) is 26.2 Å². The van der Waals surface area contributed by atoms with Crippen LogP contribution in [0.5, 0.6) is 11.5 Å². The third-order valence-corrected chi connectivity index (χ3v) is 4.40. The molecule has 134 valence electrons. The minimum absolute atomic E-state index is 0.0538. The van der Waals surface area contributed by atoms with Crippen molar-refractivity contribution in [2.75, 3.05) is 11.9 Å². The number of amides is 1. The van der Waals surface area contributed by atoms with Crippen molar-refractivity contribution >= 4 is 11.6 Å². The van der Waals surface area contributed by atoms with E-state index in [0.717, 1.165) is 25.7 Å². The Morgan fingerprint density at radius 2 is 1.84 bits per heavy atom. The van der Waals surface area contributed by atoms with Gasteiger partial charge in [-0.3, -0.25) is 4.79 Å². The number of hydrogen-bond acceptors (Lipinski definition) is 5. The fourth-order valence-electron chi connectivity index (χ4n) is 3.15. The second-order valence-electron chi connectivity index (χ2n) is 6.34.